The monoisotopic (exact) mass is 338 g/mol. The molecule has 1 N–H and O–H groups in total. The van der Waals surface area contributed by atoms with Crippen LogP contribution >= 0.6 is 0 Å². The van der Waals surface area contributed by atoms with E-state index in [-0.39, 0.29) is 5.56 Å². The molecule has 0 amide bonds. The number of rotatable bonds is 2. The van der Waals surface area contributed by atoms with Gasteiger partial charge in [0.05, 0.1) is 17.2 Å². The van der Waals surface area contributed by atoms with Gasteiger partial charge in [-0.05, 0) is 12.1 Å². The van der Waals surface area contributed by atoms with Gasteiger partial charge in [0.1, 0.15) is 11.6 Å². The quantitative estimate of drug-likeness (QED) is 0.725. The Kier molecular flexibility index (Phi) is 3.72. The fraction of sp³-hybridized carbons (Fsp3) is 0.294. The number of para-hydroxylation sites is 2. The summed E-state index contributed by atoms with van der Waals surface area (Å²) in [5.41, 5.74) is 1.05. The summed E-state index contributed by atoms with van der Waals surface area (Å²) < 4.78 is 1.06. The molecule has 2 aromatic heterocycles. The molecule has 0 bridgehead atoms. The third kappa shape index (κ3) is 2.86. The molecule has 3 aromatic rings. The molecule has 1 aliphatic heterocycles. The van der Waals surface area contributed by atoms with E-state index in [2.05, 4.69) is 19.9 Å². The fourth-order valence-corrected chi connectivity index (χ4v) is 2.99. The topological polar surface area (TPSA) is 87.1 Å². The number of anilines is 2. The maximum Gasteiger partial charge on any atom is 0.329 e. The van der Waals surface area contributed by atoms with Gasteiger partial charge in [-0.1, -0.05) is 12.1 Å². The highest BCUT2D eigenvalue weighted by atomic mass is 16.2. The fourth-order valence-electron chi connectivity index (χ4n) is 2.99. The number of piperazine rings is 1. The van der Waals surface area contributed by atoms with E-state index in [1.807, 2.05) is 29.2 Å². The second-order valence-corrected chi connectivity index (χ2v) is 6.05. The standard InChI is InChI=1S/C17H18N6O2/c1-21-16(24)10-14(20-17(21)25)22-6-8-23(9-7-22)15-11-18-12-4-2-3-5-13(12)19-15/h2-5,10-11H,6-9H2,1H3,(H,20,25). The maximum absolute atomic E-state index is 11.8. The van der Waals surface area contributed by atoms with Crippen LogP contribution in [-0.2, 0) is 7.05 Å². The molecule has 0 spiro atoms. The molecule has 1 aliphatic rings. The van der Waals surface area contributed by atoms with Gasteiger partial charge in [0, 0.05) is 39.3 Å². The molecule has 1 fully saturated rings. The first kappa shape index (κ1) is 15.4. The molecule has 128 valence electrons. The van der Waals surface area contributed by atoms with Crippen LogP contribution in [0.4, 0.5) is 11.6 Å². The third-order valence-electron chi connectivity index (χ3n) is 4.51. The van der Waals surface area contributed by atoms with Gasteiger partial charge in [0.2, 0.25) is 0 Å². The highest BCUT2D eigenvalue weighted by molar-refractivity contribution is 5.75. The molecule has 0 saturated carbocycles. The van der Waals surface area contributed by atoms with Crippen LogP contribution in [0.15, 0.2) is 46.1 Å². The largest absolute Gasteiger partial charge is 0.354 e. The van der Waals surface area contributed by atoms with Crippen LogP contribution in [0.5, 0.6) is 0 Å². The molecule has 1 saturated heterocycles. The van der Waals surface area contributed by atoms with Crippen molar-refractivity contribution in [2.24, 2.45) is 7.05 Å². The second kappa shape index (κ2) is 6.04. The number of benzene rings is 1. The van der Waals surface area contributed by atoms with E-state index in [4.69, 9.17) is 0 Å². The molecule has 0 aliphatic carbocycles. The highest BCUT2D eigenvalue weighted by Crippen LogP contribution is 2.18. The predicted molar refractivity (Wildman–Crippen MR) is 96.3 cm³/mol. The minimum atomic E-state index is -0.398. The average molecular weight is 338 g/mol. The Morgan fingerprint density at radius 3 is 2.40 bits per heavy atom. The van der Waals surface area contributed by atoms with Gasteiger partial charge in [-0.2, -0.15) is 0 Å². The van der Waals surface area contributed by atoms with E-state index in [0.717, 1.165) is 34.5 Å². The van der Waals surface area contributed by atoms with Crippen LogP contribution in [0.25, 0.3) is 11.0 Å². The number of nitrogens with zero attached hydrogens (tertiary/aromatic N) is 5. The number of H-pyrrole nitrogens is 1. The van der Waals surface area contributed by atoms with E-state index in [0.29, 0.717) is 18.9 Å². The molecule has 0 unspecified atom stereocenters. The second-order valence-electron chi connectivity index (χ2n) is 6.05. The van der Waals surface area contributed by atoms with Crippen molar-refractivity contribution in [3.05, 3.63) is 57.4 Å². The highest BCUT2D eigenvalue weighted by Gasteiger charge is 2.20. The number of hydrogen-bond donors (Lipinski definition) is 1. The Bertz CT molecular complexity index is 1000. The maximum atomic E-state index is 11.8. The van der Waals surface area contributed by atoms with Crippen LogP contribution in [-0.4, -0.2) is 45.7 Å². The Hall–Kier alpha value is -3.16. The lowest BCUT2D eigenvalue weighted by Gasteiger charge is -2.36. The number of aromatic amines is 1. The van der Waals surface area contributed by atoms with E-state index >= 15 is 0 Å². The van der Waals surface area contributed by atoms with Crippen molar-refractivity contribution in [1.82, 2.24) is 19.5 Å². The van der Waals surface area contributed by atoms with Crippen molar-refractivity contribution in [3.8, 4) is 0 Å². The molecule has 4 rings (SSSR count). The van der Waals surface area contributed by atoms with E-state index in [1.54, 1.807) is 6.20 Å². The summed E-state index contributed by atoms with van der Waals surface area (Å²) in [6.45, 7) is 2.86. The van der Waals surface area contributed by atoms with E-state index < -0.39 is 5.69 Å². The number of nitrogens with one attached hydrogen (secondary N) is 1. The normalized spacial score (nSPS) is 14.9. The first-order chi connectivity index (χ1) is 12.1. The minimum absolute atomic E-state index is 0.304. The zero-order chi connectivity index (χ0) is 17.4. The zero-order valence-corrected chi connectivity index (χ0v) is 13.8. The molecular formula is C17H18N6O2. The number of hydrogen-bond acceptors (Lipinski definition) is 6. The van der Waals surface area contributed by atoms with Gasteiger partial charge in [-0.25, -0.2) is 9.78 Å². The first-order valence-electron chi connectivity index (χ1n) is 8.14. The van der Waals surface area contributed by atoms with Crippen LogP contribution in [0.3, 0.4) is 0 Å². The third-order valence-corrected chi connectivity index (χ3v) is 4.51. The summed E-state index contributed by atoms with van der Waals surface area (Å²) in [5.74, 6) is 1.41. The number of aromatic nitrogens is 4. The Labute approximate surface area is 143 Å². The Morgan fingerprint density at radius 2 is 1.68 bits per heavy atom. The Balaban J connectivity index is 1.52. The van der Waals surface area contributed by atoms with Gasteiger partial charge >= 0.3 is 5.69 Å². The summed E-state index contributed by atoms with van der Waals surface area (Å²) >= 11 is 0. The van der Waals surface area contributed by atoms with Crippen molar-refractivity contribution >= 4 is 22.7 Å². The molecule has 1 aromatic carbocycles. The van der Waals surface area contributed by atoms with Crippen molar-refractivity contribution in [2.45, 2.75) is 0 Å². The Morgan fingerprint density at radius 1 is 1.00 bits per heavy atom. The SMILES string of the molecule is Cn1c(=O)cc(N2CCN(c3cnc4ccccc4n3)CC2)[nH]c1=O. The molecule has 8 heteroatoms. The molecule has 0 atom stereocenters. The lowest BCUT2D eigenvalue weighted by atomic mass is 10.3. The van der Waals surface area contributed by atoms with Crippen molar-refractivity contribution in [3.63, 3.8) is 0 Å². The van der Waals surface area contributed by atoms with Crippen molar-refractivity contribution in [2.75, 3.05) is 36.0 Å². The van der Waals surface area contributed by atoms with Gasteiger partial charge in [0.25, 0.3) is 5.56 Å². The minimum Gasteiger partial charge on any atom is -0.354 e. The summed E-state index contributed by atoms with van der Waals surface area (Å²) in [7, 11) is 1.46. The summed E-state index contributed by atoms with van der Waals surface area (Å²) in [6.07, 6.45) is 1.79. The van der Waals surface area contributed by atoms with Crippen LogP contribution < -0.4 is 21.0 Å². The molecule has 0 radical (unpaired) electrons. The first-order valence-corrected chi connectivity index (χ1v) is 8.14. The number of fused-ring (bicyclic) bond motifs is 1. The van der Waals surface area contributed by atoms with Gasteiger partial charge in [0.15, 0.2) is 0 Å². The average Bonchev–Trinajstić information content (AvgIpc) is 2.65. The van der Waals surface area contributed by atoms with Gasteiger partial charge in [-0.15, -0.1) is 0 Å². The van der Waals surface area contributed by atoms with Crippen LogP contribution in [0.2, 0.25) is 0 Å². The van der Waals surface area contributed by atoms with Crippen molar-refractivity contribution in [1.29, 1.82) is 0 Å². The van der Waals surface area contributed by atoms with Crippen LogP contribution in [0.1, 0.15) is 0 Å². The van der Waals surface area contributed by atoms with Crippen LogP contribution in [0, 0.1) is 0 Å². The lowest BCUT2D eigenvalue weighted by Crippen LogP contribution is -2.48. The molecule has 8 nitrogen and oxygen atoms in total. The van der Waals surface area contributed by atoms with Gasteiger partial charge in [-0.3, -0.25) is 19.3 Å². The molecule has 3 heterocycles. The summed E-state index contributed by atoms with van der Waals surface area (Å²) in [5, 5.41) is 0. The van der Waals surface area contributed by atoms with Gasteiger partial charge < -0.3 is 9.80 Å². The van der Waals surface area contributed by atoms with Crippen molar-refractivity contribution < 1.29 is 0 Å². The predicted octanol–water partition coefficient (Wildman–Crippen LogP) is 0.343. The smallest absolute Gasteiger partial charge is 0.329 e. The van der Waals surface area contributed by atoms with E-state index in [9.17, 15) is 9.59 Å². The zero-order valence-electron chi connectivity index (χ0n) is 13.8. The van der Waals surface area contributed by atoms with E-state index in [1.165, 1.54) is 13.1 Å². The molecular weight excluding hydrogens is 320 g/mol. The summed E-state index contributed by atoms with van der Waals surface area (Å²) in [4.78, 5) is 39.6. The lowest BCUT2D eigenvalue weighted by molar-refractivity contribution is 0.635. The summed E-state index contributed by atoms with van der Waals surface area (Å²) in [6, 6.07) is 9.25. The molecule has 25 heavy (non-hydrogen) atoms.